The molecule has 1 aromatic rings. The Kier molecular flexibility index (Phi) is 5.82. The number of rotatable bonds is 9. The zero-order valence-corrected chi connectivity index (χ0v) is 18.1. The number of benzene rings is 1. The van der Waals surface area contributed by atoms with Gasteiger partial charge >= 0.3 is 5.97 Å². The number of nitrogens with zero attached hydrogens (tertiary/aromatic N) is 1. The number of hydrazine groups is 1. The van der Waals surface area contributed by atoms with Gasteiger partial charge in [0.2, 0.25) is 0 Å². The first-order valence-electron chi connectivity index (χ1n) is 10.7. The average molecular weight is 402 g/mol. The van der Waals surface area contributed by atoms with Gasteiger partial charge < -0.3 is 15.6 Å². The van der Waals surface area contributed by atoms with Crippen molar-refractivity contribution < 1.29 is 14.6 Å². The second-order valence-corrected chi connectivity index (χ2v) is 8.55. The topological polar surface area (TPSA) is 102 Å². The van der Waals surface area contributed by atoms with E-state index in [2.05, 4.69) is 38.8 Å². The Balaban J connectivity index is 1.74. The fraction of sp³-hybridized carbons (Fsp3) is 0.609. The largest absolute Gasteiger partial charge is 0.489 e. The first-order chi connectivity index (χ1) is 13.7. The van der Waals surface area contributed by atoms with E-state index >= 15 is 0 Å². The number of hydrogen-bond acceptors (Lipinski definition) is 5. The quantitative estimate of drug-likeness (QED) is 0.432. The molecule has 3 rings (SSSR count). The summed E-state index contributed by atoms with van der Waals surface area (Å²) in [6.07, 6.45) is 6.61. The summed E-state index contributed by atoms with van der Waals surface area (Å²) in [5.74, 6) is 6.38. The zero-order valence-electron chi connectivity index (χ0n) is 18.1. The fourth-order valence-corrected chi connectivity index (χ4v) is 5.01. The van der Waals surface area contributed by atoms with E-state index in [0.29, 0.717) is 13.0 Å². The fourth-order valence-electron chi connectivity index (χ4n) is 5.01. The molecule has 2 unspecified atom stereocenters. The molecule has 1 heterocycles. The predicted molar refractivity (Wildman–Crippen MR) is 115 cm³/mol. The predicted octanol–water partition coefficient (Wildman–Crippen LogP) is 3.57. The first-order valence-corrected chi connectivity index (χ1v) is 10.7. The molecule has 0 aromatic heterocycles. The Morgan fingerprint density at radius 1 is 1.14 bits per heavy atom. The van der Waals surface area contributed by atoms with Crippen molar-refractivity contribution in [3.05, 3.63) is 41.5 Å². The molecule has 160 valence electrons. The molecule has 1 aliphatic carbocycles. The number of hydrogen-bond donors (Lipinski definition) is 3. The summed E-state index contributed by atoms with van der Waals surface area (Å²) in [5.41, 5.74) is 6.68. The van der Waals surface area contributed by atoms with Crippen molar-refractivity contribution in [3.8, 4) is 5.75 Å². The van der Waals surface area contributed by atoms with Crippen LogP contribution in [0.15, 0.2) is 35.9 Å². The minimum absolute atomic E-state index is 0.123. The van der Waals surface area contributed by atoms with Crippen LogP contribution in [-0.4, -0.2) is 39.3 Å². The van der Waals surface area contributed by atoms with Crippen molar-refractivity contribution in [2.75, 3.05) is 6.61 Å². The molecule has 6 heteroatoms. The van der Waals surface area contributed by atoms with Crippen molar-refractivity contribution in [2.45, 2.75) is 82.3 Å². The number of carboxylic acids is 1. The Labute approximate surface area is 173 Å². The second-order valence-electron chi connectivity index (χ2n) is 8.55. The third-order valence-corrected chi connectivity index (χ3v) is 7.45. The molecule has 2 aliphatic rings. The maximum atomic E-state index is 11.3. The summed E-state index contributed by atoms with van der Waals surface area (Å²) >= 11 is 0. The van der Waals surface area contributed by atoms with E-state index in [0.717, 1.165) is 37.0 Å². The van der Waals surface area contributed by atoms with Crippen LogP contribution in [-0.2, 0) is 4.79 Å². The highest BCUT2D eigenvalue weighted by molar-refractivity contribution is 5.84. The summed E-state index contributed by atoms with van der Waals surface area (Å²) < 4.78 is 6.14. The van der Waals surface area contributed by atoms with Crippen LogP contribution in [0.3, 0.4) is 0 Å². The van der Waals surface area contributed by atoms with Crippen molar-refractivity contribution in [3.63, 3.8) is 0 Å². The summed E-state index contributed by atoms with van der Waals surface area (Å²) in [6.45, 7) is 9.24. The van der Waals surface area contributed by atoms with Crippen molar-refractivity contribution >= 4 is 5.97 Å². The van der Waals surface area contributed by atoms with Crippen LogP contribution < -0.4 is 16.3 Å². The zero-order chi connectivity index (χ0) is 21.4. The molecule has 0 radical (unpaired) electrons. The van der Waals surface area contributed by atoms with E-state index in [4.69, 9.17) is 16.3 Å². The Morgan fingerprint density at radius 3 is 2.17 bits per heavy atom. The molecule has 5 N–H and O–H groups in total. The minimum atomic E-state index is -1.12. The summed E-state index contributed by atoms with van der Waals surface area (Å²) in [7, 11) is 0. The highest BCUT2D eigenvalue weighted by atomic mass is 16.5. The van der Waals surface area contributed by atoms with Crippen LogP contribution >= 0.6 is 0 Å². The monoisotopic (exact) mass is 401 g/mol. The van der Waals surface area contributed by atoms with Crippen LogP contribution in [0.2, 0.25) is 0 Å². The van der Waals surface area contributed by atoms with Crippen LogP contribution in [0.25, 0.3) is 0 Å². The molecule has 0 spiro atoms. The summed E-state index contributed by atoms with van der Waals surface area (Å²) in [6, 6.07) is 7.65. The van der Waals surface area contributed by atoms with E-state index < -0.39 is 11.5 Å². The van der Waals surface area contributed by atoms with Crippen molar-refractivity contribution in [2.24, 2.45) is 11.6 Å². The van der Waals surface area contributed by atoms with Crippen LogP contribution in [0, 0.1) is 0 Å². The van der Waals surface area contributed by atoms with Gasteiger partial charge in [0, 0.05) is 5.92 Å². The molecule has 0 bridgehead atoms. The second kappa shape index (κ2) is 7.74. The maximum absolute atomic E-state index is 11.3. The SMILES string of the molecule is CCC1(CC)C=C(COc2ccc(C3CC3(N)C(=O)O)cc2)C(CC)(CC)N1N. The van der Waals surface area contributed by atoms with E-state index in [-0.39, 0.29) is 17.0 Å². The van der Waals surface area contributed by atoms with Gasteiger partial charge in [0.25, 0.3) is 0 Å². The molecule has 0 amide bonds. The van der Waals surface area contributed by atoms with Crippen LogP contribution in [0.5, 0.6) is 5.75 Å². The molecule has 2 atom stereocenters. The van der Waals surface area contributed by atoms with Gasteiger partial charge in [-0.2, -0.15) is 0 Å². The molecule has 1 saturated carbocycles. The molecule has 1 fully saturated rings. The molecular weight excluding hydrogens is 366 g/mol. The standard InChI is InChI=1S/C23H35N3O3/c1-5-21(6-2)13-17(22(7-3,8-4)26(21)25)15-29-18-11-9-16(10-12-18)19-14-23(19,24)20(27)28/h9-13,19H,5-8,14-15,24-25H2,1-4H3,(H,27,28). The van der Waals surface area contributed by atoms with Gasteiger partial charge in [-0.15, -0.1) is 0 Å². The summed E-state index contributed by atoms with van der Waals surface area (Å²) in [4.78, 5) is 11.3. The van der Waals surface area contributed by atoms with E-state index in [1.807, 2.05) is 24.3 Å². The van der Waals surface area contributed by atoms with Gasteiger partial charge in [-0.1, -0.05) is 45.9 Å². The molecule has 1 aliphatic heterocycles. The average Bonchev–Trinajstić information content (AvgIpc) is 3.37. The molecule has 29 heavy (non-hydrogen) atoms. The Hall–Kier alpha value is -1.89. The van der Waals surface area contributed by atoms with E-state index in [9.17, 15) is 9.90 Å². The highest BCUT2D eigenvalue weighted by Crippen LogP contribution is 2.50. The molecule has 1 aromatic carbocycles. The summed E-state index contributed by atoms with van der Waals surface area (Å²) in [5, 5.41) is 11.3. The van der Waals surface area contributed by atoms with Crippen molar-refractivity contribution in [1.82, 2.24) is 5.01 Å². The molecule has 0 saturated heterocycles. The lowest BCUT2D eigenvalue weighted by Crippen LogP contribution is -2.59. The van der Waals surface area contributed by atoms with Crippen LogP contribution in [0.1, 0.15) is 71.3 Å². The van der Waals surface area contributed by atoms with Gasteiger partial charge in [0.15, 0.2) is 0 Å². The number of carboxylic acid groups (broad SMARTS) is 1. The minimum Gasteiger partial charge on any atom is -0.489 e. The van der Waals surface area contributed by atoms with Gasteiger partial charge in [-0.05, 0) is 55.4 Å². The Bertz CT molecular complexity index is 781. The lowest BCUT2D eigenvalue weighted by atomic mass is 9.86. The van der Waals surface area contributed by atoms with Gasteiger partial charge in [0.1, 0.15) is 17.9 Å². The maximum Gasteiger partial charge on any atom is 0.324 e. The van der Waals surface area contributed by atoms with E-state index in [1.165, 1.54) is 5.57 Å². The molecular formula is C23H35N3O3. The highest BCUT2D eigenvalue weighted by Gasteiger charge is 2.58. The normalized spacial score (nSPS) is 27.5. The number of carbonyl (C=O) groups is 1. The third-order valence-electron chi connectivity index (χ3n) is 7.45. The number of aliphatic carboxylic acids is 1. The van der Waals surface area contributed by atoms with Crippen LogP contribution in [0.4, 0.5) is 0 Å². The van der Waals surface area contributed by atoms with E-state index in [1.54, 1.807) is 0 Å². The number of nitrogens with two attached hydrogens (primary N) is 2. The van der Waals surface area contributed by atoms with Gasteiger partial charge in [-0.3, -0.25) is 10.6 Å². The third kappa shape index (κ3) is 3.37. The lowest BCUT2D eigenvalue weighted by Gasteiger charge is -2.44. The Morgan fingerprint density at radius 2 is 1.72 bits per heavy atom. The first kappa shape index (κ1) is 21.8. The van der Waals surface area contributed by atoms with Gasteiger partial charge in [-0.25, -0.2) is 5.01 Å². The van der Waals surface area contributed by atoms with Crippen molar-refractivity contribution in [1.29, 1.82) is 0 Å². The van der Waals surface area contributed by atoms with Gasteiger partial charge in [0.05, 0.1) is 11.1 Å². The lowest BCUT2D eigenvalue weighted by molar-refractivity contribution is -0.139. The smallest absolute Gasteiger partial charge is 0.324 e. The number of ether oxygens (including phenoxy) is 1. The molecule has 6 nitrogen and oxygen atoms in total.